The van der Waals surface area contributed by atoms with Gasteiger partial charge in [0.05, 0.1) is 5.56 Å². The van der Waals surface area contributed by atoms with Crippen LogP contribution >= 0.6 is 0 Å². The van der Waals surface area contributed by atoms with E-state index in [1.54, 1.807) is 12.3 Å². The smallest absolute Gasteiger partial charge is 0.255 e. The molecule has 5 nitrogen and oxygen atoms in total. The number of carbonyl (C=O) groups is 1. The molecule has 0 fully saturated rings. The number of pyridine rings is 1. The Balaban J connectivity index is 1.76. The molecule has 0 saturated carbocycles. The summed E-state index contributed by atoms with van der Waals surface area (Å²) >= 11 is 0. The number of benzene rings is 1. The first-order chi connectivity index (χ1) is 11.7. The number of para-hydroxylation sites is 1. The molecule has 24 heavy (non-hydrogen) atoms. The molecule has 0 aliphatic carbocycles. The molecule has 3 rings (SSSR count). The minimum absolute atomic E-state index is 0.0844. The van der Waals surface area contributed by atoms with Gasteiger partial charge in [0.1, 0.15) is 5.82 Å². The van der Waals surface area contributed by atoms with Crippen LogP contribution in [0.5, 0.6) is 0 Å². The molecular weight excluding hydrogens is 300 g/mol. The zero-order chi connectivity index (χ0) is 16.9. The van der Waals surface area contributed by atoms with E-state index >= 15 is 0 Å². The molecule has 1 amide bonds. The Labute approximate surface area is 141 Å². The number of likely N-dealkylation sites (N-methyl/N-ethyl adjacent to an activating group) is 1. The van der Waals surface area contributed by atoms with Crippen molar-refractivity contribution >= 4 is 22.6 Å². The van der Waals surface area contributed by atoms with Gasteiger partial charge in [0.25, 0.3) is 5.91 Å². The lowest BCUT2D eigenvalue weighted by Gasteiger charge is -2.21. The van der Waals surface area contributed by atoms with Crippen LogP contribution in [0.3, 0.4) is 0 Å². The van der Waals surface area contributed by atoms with Gasteiger partial charge in [-0.2, -0.15) is 0 Å². The van der Waals surface area contributed by atoms with Crippen LogP contribution in [0.25, 0.3) is 10.9 Å². The van der Waals surface area contributed by atoms with Gasteiger partial charge in [0.2, 0.25) is 0 Å². The Kier molecular flexibility index (Phi) is 4.79. The lowest BCUT2D eigenvalue weighted by atomic mass is 10.2. The van der Waals surface area contributed by atoms with E-state index in [1.165, 1.54) is 10.9 Å². The number of hydrogen-bond acceptors (Lipinski definition) is 3. The number of amides is 1. The normalized spacial score (nSPS) is 10.8. The zero-order valence-corrected chi connectivity index (χ0v) is 14.1. The third kappa shape index (κ3) is 3.25. The molecule has 0 radical (unpaired) electrons. The van der Waals surface area contributed by atoms with Crippen molar-refractivity contribution in [1.82, 2.24) is 14.9 Å². The average molecular weight is 322 g/mol. The summed E-state index contributed by atoms with van der Waals surface area (Å²) in [7, 11) is 1.97. The second-order valence-corrected chi connectivity index (χ2v) is 5.72. The quantitative estimate of drug-likeness (QED) is 0.759. The van der Waals surface area contributed by atoms with E-state index in [9.17, 15) is 4.79 Å². The molecule has 2 heterocycles. The predicted molar refractivity (Wildman–Crippen MR) is 97.5 cm³/mol. The molecule has 1 aromatic carbocycles. The summed E-state index contributed by atoms with van der Waals surface area (Å²) in [4.78, 5) is 18.6. The van der Waals surface area contributed by atoms with E-state index in [2.05, 4.69) is 45.3 Å². The van der Waals surface area contributed by atoms with Gasteiger partial charge >= 0.3 is 0 Å². The summed E-state index contributed by atoms with van der Waals surface area (Å²) in [6.07, 6.45) is 3.82. The van der Waals surface area contributed by atoms with Crippen LogP contribution in [0.4, 0.5) is 5.82 Å². The standard InChI is InChI=1S/C19H22N4O/c1-3-20-19(24)16-8-6-11-21-18(16)22(2)13-14-23-12-10-15-7-4-5-9-17(15)23/h4-12H,3,13-14H2,1-2H3,(H,20,24). The fourth-order valence-corrected chi connectivity index (χ4v) is 2.83. The van der Waals surface area contributed by atoms with Crippen LogP contribution in [0.1, 0.15) is 17.3 Å². The molecule has 3 aromatic rings. The molecular formula is C19H22N4O. The first-order valence-corrected chi connectivity index (χ1v) is 8.19. The highest BCUT2D eigenvalue weighted by molar-refractivity contribution is 5.98. The Bertz CT molecular complexity index is 840. The molecule has 0 atom stereocenters. The average Bonchev–Trinajstić information content (AvgIpc) is 3.03. The van der Waals surface area contributed by atoms with E-state index in [0.717, 1.165) is 13.1 Å². The molecule has 0 aliphatic rings. The summed E-state index contributed by atoms with van der Waals surface area (Å²) in [6.45, 7) is 4.11. The highest BCUT2D eigenvalue weighted by atomic mass is 16.1. The second-order valence-electron chi connectivity index (χ2n) is 5.72. The van der Waals surface area contributed by atoms with Crippen LogP contribution in [-0.4, -0.2) is 35.6 Å². The van der Waals surface area contributed by atoms with Crippen LogP contribution < -0.4 is 10.2 Å². The number of hydrogen-bond donors (Lipinski definition) is 1. The highest BCUT2D eigenvalue weighted by Crippen LogP contribution is 2.18. The van der Waals surface area contributed by atoms with Gasteiger partial charge < -0.3 is 14.8 Å². The Morgan fingerprint density at radius 3 is 2.88 bits per heavy atom. The van der Waals surface area contributed by atoms with Crippen LogP contribution in [0.2, 0.25) is 0 Å². The van der Waals surface area contributed by atoms with Crippen LogP contribution in [-0.2, 0) is 6.54 Å². The molecule has 0 unspecified atom stereocenters. The number of anilines is 1. The SMILES string of the molecule is CCNC(=O)c1cccnc1N(C)CCn1ccc2ccccc21. The van der Waals surface area contributed by atoms with Crippen molar-refractivity contribution in [2.75, 3.05) is 25.0 Å². The minimum atomic E-state index is -0.0844. The number of nitrogens with zero attached hydrogens (tertiary/aromatic N) is 3. The third-order valence-electron chi connectivity index (χ3n) is 4.09. The molecule has 0 aliphatic heterocycles. The monoisotopic (exact) mass is 322 g/mol. The zero-order valence-electron chi connectivity index (χ0n) is 14.1. The first kappa shape index (κ1) is 16.1. The second kappa shape index (κ2) is 7.17. The van der Waals surface area contributed by atoms with Crippen molar-refractivity contribution in [2.24, 2.45) is 0 Å². The molecule has 124 valence electrons. The largest absolute Gasteiger partial charge is 0.357 e. The van der Waals surface area contributed by atoms with Gasteiger partial charge in [0, 0.05) is 44.6 Å². The minimum Gasteiger partial charge on any atom is -0.357 e. The maximum atomic E-state index is 12.2. The lowest BCUT2D eigenvalue weighted by molar-refractivity contribution is 0.0956. The van der Waals surface area contributed by atoms with E-state index in [0.29, 0.717) is 17.9 Å². The van der Waals surface area contributed by atoms with Crippen molar-refractivity contribution in [3.05, 3.63) is 60.4 Å². The summed E-state index contributed by atoms with van der Waals surface area (Å²) in [5, 5.41) is 4.08. The molecule has 2 aromatic heterocycles. The van der Waals surface area contributed by atoms with Crippen LogP contribution in [0.15, 0.2) is 54.9 Å². The maximum Gasteiger partial charge on any atom is 0.255 e. The lowest BCUT2D eigenvalue weighted by Crippen LogP contribution is -2.29. The molecule has 1 N–H and O–H groups in total. The van der Waals surface area contributed by atoms with Gasteiger partial charge in [0.15, 0.2) is 0 Å². The number of nitrogens with one attached hydrogen (secondary N) is 1. The van der Waals surface area contributed by atoms with E-state index in [1.807, 2.05) is 31.0 Å². The van der Waals surface area contributed by atoms with Gasteiger partial charge in [-0.1, -0.05) is 18.2 Å². The van der Waals surface area contributed by atoms with Crippen LogP contribution in [0, 0.1) is 0 Å². The molecule has 0 bridgehead atoms. The van der Waals surface area contributed by atoms with E-state index < -0.39 is 0 Å². The van der Waals surface area contributed by atoms with Gasteiger partial charge in [-0.15, -0.1) is 0 Å². The molecule has 0 saturated heterocycles. The molecule has 5 heteroatoms. The summed E-state index contributed by atoms with van der Waals surface area (Å²) in [5.41, 5.74) is 1.83. The van der Waals surface area contributed by atoms with Gasteiger partial charge in [-0.3, -0.25) is 4.79 Å². The molecule has 0 spiro atoms. The predicted octanol–water partition coefficient (Wildman–Crippen LogP) is 2.92. The summed E-state index contributed by atoms with van der Waals surface area (Å²) in [5.74, 6) is 0.624. The first-order valence-electron chi connectivity index (χ1n) is 8.19. The van der Waals surface area contributed by atoms with Gasteiger partial charge in [-0.05, 0) is 36.6 Å². The number of carbonyl (C=O) groups excluding carboxylic acids is 1. The van der Waals surface area contributed by atoms with Crippen molar-refractivity contribution in [2.45, 2.75) is 13.5 Å². The Hall–Kier alpha value is -2.82. The fourth-order valence-electron chi connectivity index (χ4n) is 2.83. The summed E-state index contributed by atoms with van der Waals surface area (Å²) in [6, 6.07) is 14.1. The highest BCUT2D eigenvalue weighted by Gasteiger charge is 2.14. The topological polar surface area (TPSA) is 50.2 Å². The number of aromatic nitrogens is 2. The van der Waals surface area contributed by atoms with Crippen molar-refractivity contribution in [3.63, 3.8) is 0 Å². The third-order valence-corrected chi connectivity index (χ3v) is 4.09. The van der Waals surface area contributed by atoms with Gasteiger partial charge in [-0.25, -0.2) is 4.98 Å². The maximum absolute atomic E-state index is 12.2. The van der Waals surface area contributed by atoms with E-state index in [4.69, 9.17) is 0 Å². The Morgan fingerprint density at radius 2 is 2.04 bits per heavy atom. The number of fused-ring (bicyclic) bond motifs is 1. The Morgan fingerprint density at radius 1 is 1.21 bits per heavy atom. The van der Waals surface area contributed by atoms with Crippen molar-refractivity contribution < 1.29 is 4.79 Å². The van der Waals surface area contributed by atoms with Crippen molar-refractivity contribution in [1.29, 1.82) is 0 Å². The van der Waals surface area contributed by atoms with Crippen molar-refractivity contribution in [3.8, 4) is 0 Å². The van der Waals surface area contributed by atoms with E-state index in [-0.39, 0.29) is 5.91 Å². The summed E-state index contributed by atoms with van der Waals surface area (Å²) < 4.78 is 2.22. The number of rotatable bonds is 6. The fraction of sp³-hybridized carbons (Fsp3) is 0.263.